The van der Waals surface area contributed by atoms with E-state index in [-0.39, 0.29) is 47.5 Å². The van der Waals surface area contributed by atoms with Crippen LogP contribution in [0.25, 0.3) is 0 Å². The number of hydrogen-bond donors (Lipinski definition) is 0. The second-order valence-electron chi connectivity index (χ2n) is 9.08. The summed E-state index contributed by atoms with van der Waals surface area (Å²) >= 11 is 12.1. The number of rotatable bonds is 4. The summed E-state index contributed by atoms with van der Waals surface area (Å²) in [5.41, 5.74) is 1.32. The summed E-state index contributed by atoms with van der Waals surface area (Å²) < 4.78 is 29.3. The summed E-state index contributed by atoms with van der Waals surface area (Å²) in [6.45, 7) is 7.17. The quantitative estimate of drug-likeness (QED) is 0.657. The normalized spacial score (nSPS) is 18.4. The Morgan fingerprint density at radius 1 is 1.06 bits per heavy atom. The molecule has 1 aliphatic heterocycles. The molecule has 0 radical (unpaired) electrons. The fraction of sp³-hybridized carbons (Fsp3) is 0.524. The number of sulfonamides is 1. The first-order chi connectivity index (χ1) is 14.5. The Bertz CT molecular complexity index is 1110. The third-order valence-electron chi connectivity index (χ3n) is 5.62. The Hall–Kier alpha value is -1.61. The maximum absolute atomic E-state index is 13.1. The highest BCUT2D eigenvalue weighted by Gasteiger charge is 2.35. The van der Waals surface area contributed by atoms with Crippen molar-refractivity contribution in [3.63, 3.8) is 0 Å². The Labute approximate surface area is 193 Å². The molecule has 31 heavy (non-hydrogen) atoms. The molecule has 2 aromatic rings. The van der Waals surface area contributed by atoms with Gasteiger partial charge in [0.05, 0.1) is 10.6 Å². The third-order valence-corrected chi connectivity index (χ3v) is 8.24. The number of amides is 1. The zero-order valence-corrected chi connectivity index (χ0v) is 20.1. The largest absolute Gasteiger partial charge is 0.335 e. The molecule has 1 aliphatic carbocycles. The van der Waals surface area contributed by atoms with Crippen LogP contribution in [0.4, 0.5) is 0 Å². The van der Waals surface area contributed by atoms with Crippen molar-refractivity contribution >= 4 is 39.1 Å². The zero-order valence-electron chi connectivity index (χ0n) is 17.8. The lowest BCUT2D eigenvalue weighted by molar-refractivity contribution is 0.0690. The zero-order chi connectivity index (χ0) is 22.6. The lowest BCUT2D eigenvalue weighted by Gasteiger charge is -2.33. The van der Waals surface area contributed by atoms with Gasteiger partial charge >= 0.3 is 0 Å². The molecule has 1 aromatic heterocycles. The van der Waals surface area contributed by atoms with Crippen molar-refractivity contribution in [3.8, 4) is 0 Å². The predicted octanol–water partition coefficient (Wildman–Crippen LogP) is 3.97. The summed E-state index contributed by atoms with van der Waals surface area (Å²) in [6.07, 6.45) is 2.25. The van der Waals surface area contributed by atoms with Gasteiger partial charge in [0.1, 0.15) is 4.90 Å². The molecule has 0 bridgehead atoms. The van der Waals surface area contributed by atoms with E-state index in [0.717, 1.165) is 18.5 Å². The Kier molecular flexibility index (Phi) is 5.87. The van der Waals surface area contributed by atoms with Gasteiger partial charge in [-0.3, -0.25) is 9.48 Å². The van der Waals surface area contributed by atoms with E-state index in [2.05, 4.69) is 25.9 Å². The molecule has 2 heterocycles. The van der Waals surface area contributed by atoms with Gasteiger partial charge in [0.15, 0.2) is 5.69 Å². The van der Waals surface area contributed by atoms with Gasteiger partial charge in [-0.25, -0.2) is 8.42 Å². The van der Waals surface area contributed by atoms with Gasteiger partial charge in [0.25, 0.3) is 5.91 Å². The number of carbonyl (C=O) groups is 1. The Morgan fingerprint density at radius 2 is 1.71 bits per heavy atom. The van der Waals surface area contributed by atoms with E-state index in [0.29, 0.717) is 16.6 Å². The fourth-order valence-corrected chi connectivity index (χ4v) is 5.97. The van der Waals surface area contributed by atoms with Crippen LogP contribution in [-0.2, 0) is 15.6 Å². The van der Waals surface area contributed by atoms with E-state index in [1.807, 2.05) is 10.7 Å². The molecule has 168 valence electrons. The molecule has 4 rings (SSSR count). The number of halogens is 2. The minimum Gasteiger partial charge on any atom is -0.335 e. The molecular weight excluding hydrogens is 459 g/mol. The van der Waals surface area contributed by atoms with Crippen molar-refractivity contribution in [1.29, 1.82) is 0 Å². The maximum Gasteiger partial charge on any atom is 0.274 e. The first-order valence-corrected chi connectivity index (χ1v) is 12.5. The van der Waals surface area contributed by atoms with E-state index in [1.54, 1.807) is 11.0 Å². The van der Waals surface area contributed by atoms with Crippen LogP contribution in [0.1, 0.15) is 55.7 Å². The summed E-state index contributed by atoms with van der Waals surface area (Å²) in [4.78, 5) is 14.8. The van der Waals surface area contributed by atoms with E-state index in [1.165, 1.54) is 16.4 Å². The SMILES string of the molecule is CC(C)(C)n1nc(C(=O)N2CCN(S(=O)(=O)c3cc(Cl)ccc3Cl)CC2)cc1C1CC1. The highest BCUT2D eigenvalue weighted by molar-refractivity contribution is 7.89. The average molecular weight is 485 g/mol. The summed E-state index contributed by atoms with van der Waals surface area (Å²) in [7, 11) is -3.79. The smallest absolute Gasteiger partial charge is 0.274 e. The Morgan fingerprint density at radius 3 is 2.29 bits per heavy atom. The third kappa shape index (κ3) is 4.49. The van der Waals surface area contributed by atoms with Gasteiger partial charge < -0.3 is 4.90 Å². The minimum atomic E-state index is -3.79. The van der Waals surface area contributed by atoms with Crippen molar-refractivity contribution in [2.24, 2.45) is 0 Å². The predicted molar refractivity (Wildman–Crippen MR) is 120 cm³/mol. The minimum absolute atomic E-state index is 0.0144. The molecule has 2 fully saturated rings. The van der Waals surface area contributed by atoms with Gasteiger partial charge in [0, 0.05) is 42.8 Å². The lowest BCUT2D eigenvalue weighted by atomic mass is 10.1. The van der Waals surface area contributed by atoms with Crippen LogP contribution < -0.4 is 0 Å². The summed E-state index contributed by atoms with van der Waals surface area (Å²) in [6, 6.07) is 6.28. The molecule has 1 saturated carbocycles. The van der Waals surface area contributed by atoms with Crippen molar-refractivity contribution in [3.05, 3.63) is 45.7 Å². The monoisotopic (exact) mass is 484 g/mol. The van der Waals surface area contributed by atoms with Crippen molar-refractivity contribution in [2.75, 3.05) is 26.2 Å². The maximum atomic E-state index is 13.1. The molecule has 0 N–H and O–H groups in total. The number of carbonyl (C=O) groups excluding carboxylic acids is 1. The van der Waals surface area contributed by atoms with Crippen molar-refractivity contribution < 1.29 is 13.2 Å². The molecule has 0 atom stereocenters. The van der Waals surface area contributed by atoms with Crippen molar-refractivity contribution in [2.45, 2.75) is 50.0 Å². The van der Waals surface area contributed by atoms with Crippen LogP contribution >= 0.6 is 23.2 Å². The molecule has 10 heteroatoms. The fourth-order valence-electron chi connectivity index (χ4n) is 3.81. The lowest BCUT2D eigenvalue weighted by Crippen LogP contribution is -2.50. The molecule has 1 saturated heterocycles. The highest BCUT2D eigenvalue weighted by atomic mass is 35.5. The van der Waals surface area contributed by atoms with Gasteiger partial charge in [0.2, 0.25) is 10.0 Å². The van der Waals surface area contributed by atoms with Gasteiger partial charge in [-0.1, -0.05) is 23.2 Å². The van der Waals surface area contributed by atoms with Gasteiger partial charge in [-0.05, 0) is 57.9 Å². The number of hydrogen-bond acceptors (Lipinski definition) is 4. The molecule has 1 amide bonds. The molecular formula is C21H26Cl2N4O3S. The number of benzene rings is 1. The van der Waals surface area contributed by atoms with Gasteiger partial charge in [-0.2, -0.15) is 9.40 Å². The first kappa shape index (κ1) is 22.6. The average Bonchev–Trinajstić information content (AvgIpc) is 3.46. The van der Waals surface area contributed by atoms with E-state index < -0.39 is 10.0 Å². The van der Waals surface area contributed by atoms with Crippen LogP contribution in [0.5, 0.6) is 0 Å². The standard InChI is InChI=1S/C21H26Cl2N4O3S/c1-21(2,3)27-18(14-4-5-14)13-17(24-27)20(28)25-8-10-26(11-9-25)31(29,30)19-12-15(22)6-7-16(19)23/h6-7,12-14H,4-5,8-11H2,1-3H3. The van der Waals surface area contributed by atoms with Crippen LogP contribution in [0, 0.1) is 0 Å². The molecule has 0 unspecified atom stereocenters. The van der Waals surface area contributed by atoms with Crippen LogP contribution in [0.2, 0.25) is 10.0 Å². The number of nitrogens with zero attached hydrogens (tertiary/aromatic N) is 4. The molecule has 1 aromatic carbocycles. The van der Waals surface area contributed by atoms with E-state index in [4.69, 9.17) is 23.2 Å². The Balaban J connectivity index is 1.49. The van der Waals surface area contributed by atoms with Crippen LogP contribution in [-0.4, -0.2) is 59.5 Å². The van der Waals surface area contributed by atoms with Gasteiger partial charge in [-0.15, -0.1) is 0 Å². The summed E-state index contributed by atoms with van der Waals surface area (Å²) in [5.74, 6) is 0.306. The second-order valence-corrected chi connectivity index (χ2v) is 11.8. The summed E-state index contributed by atoms with van der Waals surface area (Å²) in [5, 5.41) is 5.05. The van der Waals surface area contributed by atoms with E-state index >= 15 is 0 Å². The number of aromatic nitrogens is 2. The molecule has 0 spiro atoms. The first-order valence-electron chi connectivity index (χ1n) is 10.3. The van der Waals surface area contributed by atoms with E-state index in [9.17, 15) is 13.2 Å². The van der Waals surface area contributed by atoms with Crippen LogP contribution in [0.15, 0.2) is 29.2 Å². The van der Waals surface area contributed by atoms with Crippen LogP contribution in [0.3, 0.4) is 0 Å². The topological polar surface area (TPSA) is 75.5 Å². The van der Waals surface area contributed by atoms with Crippen molar-refractivity contribution in [1.82, 2.24) is 19.0 Å². The second kappa shape index (κ2) is 8.06. The number of piperazine rings is 1. The highest BCUT2D eigenvalue weighted by Crippen LogP contribution is 2.42. The molecule has 2 aliphatic rings. The molecule has 7 nitrogen and oxygen atoms in total.